The van der Waals surface area contributed by atoms with E-state index in [2.05, 4.69) is 10.3 Å². The van der Waals surface area contributed by atoms with Crippen LogP contribution in [0.5, 0.6) is 0 Å². The van der Waals surface area contributed by atoms with Crippen molar-refractivity contribution >= 4 is 12.1 Å². The normalized spacial score (nSPS) is 9.13. The van der Waals surface area contributed by atoms with E-state index in [-0.39, 0.29) is 18.2 Å². The van der Waals surface area contributed by atoms with Gasteiger partial charge in [0.05, 0.1) is 6.54 Å². The standard InChI is InChI=1S/C8H9FN2O.C8H6FNO/c9-7-3-1-6(2-4-7)5-11-8(10)12;9-8-3-1-7(2-4-8)5-10-6-11/h1-4H,5H2,(H3,10,11,12);1-4H,5H2. The van der Waals surface area contributed by atoms with Crippen molar-refractivity contribution in [2.24, 2.45) is 10.7 Å². The Kier molecular flexibility index (Phi) is 7.68. The zero-order valence-electron chi connectivity index (χ0n) is 12.1. The molecule has 2 aromatic rings. The first-order valence-corrected chi connectivity index (χ1v) is 6.57. The van der Waals surface area contributed by atoms with Gasteiger partial charge in [0.1, 0.15) is 11.6 Å². The highest BCUT2D eigenvalue weighted by Gasteiger charge is 1.94. The number of benzene rings is 2. The summed E-state index contributed by atoms with van der Waals surface area (Å²) in [5.74, 6) is -0.582. The van der Waals surface area contributed by atoms with Crippen LogP contribution in [0.3, 0.4) is 0 Å². The molecule has 3 N–H and O–H groups in total. The number of carbonyl (C=O) groups is 1. The van der Waals surface area contributed by atoms with Crippen LogP contribution < -0.4 is 11.1 Å². The number of carbonyl (C=O) groups excluding carboxylic acids is 2. The third-order valence-corrected chi connectivity index (χ3v) is 2.62. The van der Waals surface area contributed by atoms with E-state index in [4.69, 9.17) is 5.73 Å². The number of amides is 2. The van der Waals surface area contributed by atoms with E-state index in [9.17, 15) is 18.4 Å². The molecular formula is C16H15F2N3O2. The zero-order valence-corrected chi connectivity index (χ0v) is 12.1. The Labute approximate surface area is 131 Å². The van der Waals surface area contributed by atoms with Crippen LogP contribution in [-0.2, 0) is 17.9 Å². The lowest BCUT2D eigenvalue weighted by Gasteiger charge is -2.00. The second-order valence-corrected chi connectivity index (χ2v) is 4.38. The molecule has 2 amide bonds. The van der Waals surface area contributed by atoms with Crippen molar-refractivity contribution in [3.63, 3.8) is 0 Å². The molecule has 0 radical (unpaired) electrons. The molecule has 5 nitrogen and oxygen atoms in total. The van der Waals surface area contributed by atoms with E-state index >= 15 is 0 Å². The number of aliphatic imine (C=N–C) groups is 1. The molecule has 0 aromatic heterocycles. The van der Waals surface area contributed by atoms with E-state index in [1.165, 1.54) is 30.3 Å². The molecule has 23 heavy (non-hydrogen) atoms. The molecule has 0 atom stereocenters. The van der Waals surface area contributed by atoms with E-state index in [0.717, 1.165) is 11.1 Å². The fourth-order valence-electron chi connectivity index (χ4n) is 1.50. The Morgan fingerprint density at radius 2 is 1.48 bits per heavy atom. The fraction of sp³-hybridized carbons (Fsp3) is 0.125. The lowest BCUT2D eigenvalue weighted by molar-refractivity contribution is 0.248. The van der Waals surface area contributed by atoms with Crippen LogP contribution in [0.25, 0.3) is 0 Å². The van der Waals surface area contributed by atoms with Crippen LogP contribution >= 0.6 is 0 Å². The van der Waals surface area contributed by atoms with Crippen LogP contribution in [0.1, 0.15) is 11.1 Å². The molecule has 2 aromatic carbocycles. The van der Waals surface area contributed by atoms with Gasteiger partial charge in [-0.3, -0.25) is 0 Å². The first-order valence-electron chi connectivity index (χ1n) is 6.57. The van der Waals surface area contributed by atoms with E-state index in [0.29, 0.717) is 6.54 Å². The van der Waals surface area contributed by atoms with Gasteiger partial charge in [0, 0.05) is 6.54 Å². The molecule has 0 saturated heterocycles. The van der Waals surface area contributed by atoms with E-state index < -0.39 is 6.03 Å². The highest BCUT2D eigenvalue weighted by Crippen LogP contribution is 2.03. The van der Waals surface area contributed by atoms with Crippen molar-refractivity contribution in [1.29, 1.82) is 0 Å². The highest BCUT2D eigenvalue weighted by molar-refractivity contribution is 5.71. The predicted octanol–water partition coefficient (Wildman–Crippen LogP) is 2.66. The summed E-state index contributed by atoms with van der Waals surface area (Å²) in [6, 6.07) is 11.1. The van der Waals surface area contributed by atoms with E-state index in [1.54, 1.807) is 24.3 Å². The summed E-state index contributed by atoms with van der Waals surface area (Å²) in [6.07, 6.45) is 1.41. The molecule has 0 unspecified atom stereocenters. The van der Waals surface area contributed by atoms with Crippen molar-refractivity contribution in [3.05, 3.63) is 71.3 Å². The van der Waals surface area contributed by atoms with Crippen LogP contribution in [0.15, 0.2) is 53.5 Å². The number of nitrogens with two attached hydrogens (primary N) is 1. The number of nitrogens with zero attached hydrogens (tertiary/aromatic N) is 1. The molecule has 0 heterocycles. The van der Waals surface area contributed by atoms with E-state index in [1.807, 2.05) is 0 Å². The first-order chi connectivity index (χ1) is 11.0. The zero-order chi connectivity index (χ0) is 17.1. The number of halogens is 2. The second-order valence-electron chi connectivity index (χ2n) is 4.38. The molecule has 0 bridgehead atoms. The number of primary amides is 1. The minimum Gasteiger partial charge on any atom is -0.352 e. The maximum absolute atomic E-state index is 12.4. The number of isocyanates is 1. The van der Waals surface area contributed by atoms with Gasteiger partial charge in [0.15, 0.2) is 0 Å². The van der Waals surface area contributed by atoms with Gasteiger partial charge in [0.25, 0.3) is 0 Å². The van der Waals surface area contributed by atoms with Crippen LogP contribution in [0.2, 0.25) is 0 Å². The first kappa shape index (κ1) is 18.0. The summed E-state index contributed by atoms with van der Waals surface area (Å²) < 4.78 is 24.7. The van der Waals surface area contributed by atoms with Crippen molar-refractivity contribution in [2.45, 2.75) is 13.1 Å². The van der Waals surface area contributed by atoms with Crippen molar-refractivity contribution in [2.75, 3.05) is 0 Å². The minimum atomic E-state index is -0.584. The number of hydrogen-bond donors (Lipinski definition) is 2. The van der Waals surface area contributed by atoms with Crippen molar-refractivity contribution in [1.82, 2.24) is 5.32 Å². The smallest absolute Gasteiger partial charge is 0.312 e. The van der Waals surface area contributed by atoms with Gasteiger partial charge in [-0.05, 0) is 35.4 Å². The molecule has 0 aliphatic heterocycles. The summed E-state index contributed by atoms with van der Waals surface area (Å²) in [5, 5.41) is 2.40. The van der Waals surface area contributed by atoms with Gasteiger partial charge in [-0.25, -0.2) is 23.4 Å². The molecule has 0 saturated carbocycles. The van der Waals surface area contributed by atoms with Gasteiger partial charge < -0.3 is 11.1 Å². The highest BCUT2D eigenvalue weighted by atomic mass is 19.1. The third-order valence-electron chi connectivity index (χ3n) is 2.62. The maximum Gasteiger partial charge on any atom is 0.312 e. The molecule has 0 aliphatic carbocycles. The summed E-state index contributed by atoms with van der Waals surface area (Å²) in [5.41, 5.74) is 6.46. The van der Waals surface area contributed by atoms with Crippen molar-refractivity contribution < 1.29 is 18.4 Å². The molecule has 0 fully saturated rings. The largest absolute Gasteiger partial charge is 0.352 e. The molecule has 0 spiro atoms. The monoisotopic (exact) mass is 319 g/mol. The fourth-order valence-corrected chi connectivity index (χ4v) is 1.50. The quantitative estimate of drug-likeness (QED) is 0.670. The molecule has 7 heteroatoms. The molecule has 120 valence electrons. The maximum atomic E-state index is 12.4. The van der Waals surface area contributed by atoms with Gasteiger partial charge >= 0.3 is 6.03 Å². The average Bonchev–Trinajstić information content (AvgIpc) is 2.54. The number of hydrogen-bond acceptors (Lipinski definition) is 3. The predicted molar refractivity (Wildman–Crippen MR) is 81.0 cm³/mol. The second kappa shape index (κ2) is 9.81. The summed E-state index contributed by atoms with van der Waals surface area (Å²) in [4.78, 5) is 23.3. The summed E-state index contributed by atoms with van der Waals surface area (Å²) in [6.45, 7) is 0.597. The number of rotatable bonds is 4. The summed E-state index contributed by atoms with van der Waals surface area (Å²) >= 11 is 0. The van der Waals surface area contributed by atoms with Crippen LogP contribution in [-0.4, -0.2) is 12.1 Å². The third kappa shape index (κ3) is 8.08. The van der Waals surface area contributed by atoms with Gasteiger partial charge in [-0.2, -0.15) is 0 Å². The Hall–Kier alpha value is -3.05. The Morgan fingerprint density at radius 3 is 1.91 bits per heavy atom. The topological polar surface area (TPSA) is 84.5 Å². The van der Waals surface area contributed by atoms with Crippen molar-refractivity contribution in [3.8, 4) is 0 Å². The van der Waals surface area contributed by atoms with Crippen LogP contribution in [0.4, 0.5) is 13.6 Å². The Morgan fingerprint density at radius 1 is 1.00 bits per heavy atom. The van der Waals surface area contributed by atoms with Gasteiger partial charge in [-0.15, -0.1) is 0 Å². The van der Waals surface area contributed by atoms with Crippen LogP contribution in [0, 0.1) is 11.6 Å². The number of urea groups is 1. The Bertz CT molecular complexity index is 667. The Balaban J connectivity index is 0.000000231. The SMILES string of the molecule is NC(=O)NCc1ccc(F)cc1.O=C=NCc1ccc(F)cc1. The molecule has 2 rings (SSSR count). The average molecular weight is 319 g/mol. The van der Waals surface area contributed by atoms with Gasteiger partial charge in [-0.1, -0.05) is 24.3 Å². The lowest BCUT2D eigenvalue weighted by Crippen LogP contribution is -2.28. The van der Waals surface area contributed by atoms with Gasteiger partial charge in [0.2, 0.25) is 6.08 Å². The lowest BCUT2D eigenvalue weighted by atomic mass is 10.2. The minimum absolute atomic E-state index is 0.268. The number of nitrogens with one attached hydrogen (secondary N) is 1. The molecular weight excluding hydrogens is 304 g/mol. The summed E-state index contributed by atoms with van der Waals surface area (Å²) in [7, 11) is 0. The molecule has 0 aliphatic rings.